The van der Waals surface area contributed by atoms with Gasteiger partial charge >= 0.3 is 6.09 Å². The first-order chi connectivity index (χ1) is 21.4. The molecule has 0 aromatic heterocycles. The molecule has 4 atom stereocenters. The third kappa shape index (κ3) is 8.34. The second-order valence-corrected chi connectivity index (χ2v) is 11.5. The van der Waals surface area contributed by atoms with Crippen molar-refractivity contribution in [2.45, 2.75) is 63.3 Å². The summed E-state index contributed by atoms with van der Waals surface area (Å²) < 4.78 is 5.42. The Morgan fingerprint density at radius 2 is 1.59 bits per heavy atom. The zero-order valence-corrected chi connectivity index (χ0v) is 24.5. The SMILES string of the molecule is N#C[C@H](C[C@@H]1CCNC1=O)NC(=O)[C@H](CC1CC1)NC(=O)[C@H](Cc1cccc2ccccc12)NC(=O)OCc1ccccc1. The highest BCUT2D eigenvalue weighted by Crippen LogP contribution is 2.33. The number of nitriles is 1. The Bertz CT molecular complexity index is 1530. The van der Waals surface area contributed by atoms with E-state index in [9.17, 15) is 24.4 Å². The molecule has 5 rings (SSSR count). The summed E-state index contributed by atoms with van der Waals surface area (Å²) in [6.45, 7) is 0.589. The van der Waals surface area contributed by atoms with Gasteiger partial charge in [0, 0.05) is 18.9 Å². The van der Waals surface area contributed by atoms with Crippen molar-refractivity contribution in [2.24, 2.45) is 11.8 Å². The van der Waals surface area contributed by atoms with Gasteiger partial charge in [-0.05, 0) is 47.1 Å². The average molecular weight is 596 g/mol. The lowest BCUT2D eigenvalue weighted by Gasteiger charge is -2.25. The second kappa shape index (κ2) is 14.5. The Labute approximate surface area is 256 Å². The molecule has 1 saturated carbocycles. The van der Waals surface area contributed by atoms with Crippen LogP contribution in [0.3, 0.4) is 0 Å². The van der Waals surface area contributed by atoms with Gasteiger partial charge in [-0.1, -0.05) is 85.6 Å². The van der Waals surface area contributed by atoms with Gasteiger partial charge in [0.25, 0.3) is 0 Å². The van der Waals surface area contributed by atoms with E-state index >= 15 is 0 Å². The first kappa shape index (κ1) is 30.5. The molecule has 1 aliphatic heterocycles. The lowest BCUT2D eigenvalue weighted by molar-refractivity contribution is -0.130. The molecule has 4 N–H and O–H groups in total. The minimum absolute atomic E-state index is 0.0383. The predicted octanol–water partition coefficient (Wildman–Crippen LogP) is 3.50. The van der Waals surface area contributed by atoms with E-state index < -0.39 is 36.0 Å². The van der Waals surface area contributed by atoms with Gasteiger partial charge in [0.2, 0.25) is 17.7 Å². The van der Waals surface area contributed by atoms with Crippen molar-refractivity contribution < 1.29 is 23.9 Å². The summed E-state index contributed by atoms with van der Waals surface area (Å²) in [6, 6.07) is 22.1. The summed E-state index contributed by atoms with van der Waals surface area (Å²) in [6.07, 6.45) is 2.55. The van der Waals surface area contributed by atoms with Crippen molar-refractivity contribution in [2.75, 3.05) is 6.54 Å². The van der Waals surface area contributed by atoms with Crippen LogP contribution in [0.1, 0.15) is 43.2 Å². The van der Waals surface area contributed by atoms with Gasteiger partial charge in [0.15, 0.2) is 0 Å². The van der Waals surface area contributed by atoms with Gasteiger partial charge in [0.05, 0.1) is 6.07 Å². The van der Waals surface area contributed by atoms with Gasteiger partial charge in [-0.3, -0.25) is 14.4 Å². The van der Waals surface area contributed by atoms with Crippen LogP contribution in [0.4, 0.5) is 4.79 Å². The van der Waals surface area contributed by atoms with Crippen molar-refractivity contribution in [1.29, 1.82) is 5.26 Å². The number of ether oxygens (including phenoxy) is 1. The maximum Gasteiger partial charge on any atom is 0.408 e. The maximum absolute atomic E-state index is 13.8. The highest BCUT2D eigenvalue weighted by molar-refractivity contribution is 5.93. The molecule has 10 heteroatoms. The average Bonchev–Trinajstić information content (AvgIpc) is 3.78. The summed E-state index contributed by atoms with van der Waals surface area (Å²) >= 11 is 0. The highest BCUT2D eigenvalue weighted by Gasteiger charge is 2.35. The van der Waals surface area contributed by atoms with Gasteiger partial charge in [-0.2, -0.15) is 5.26 Å². The van der Waals surface area contributed by atoms with Gasteiger partial charge in [-0.25, -0.2) is 4.79 Å². The Hall–Kier alpha value is -4.91. The second-order valence-electron chi connectivity index (χ2n) is 11.5. The van der Waals surface area contributed by atoms with Crippen LogP contribution in [0.15, 0.2) is 72.8 Å². The van der Waals surface area contributed by atoms with Crippen LogP contribution in [0.2, 0.25) is 0 Å². The van der Waals surface area contributed by atoms with Crippen LogP contribution in [-0.4, -0.2) is 48.5 Å². The summed E-state index contributed by atoms with van der Waals surface area (Å²) in [5.74, 6) is -1.19. The Morgan fingerprint density at radius 3 is 2.32 bits per heavy atom. The molecule has 0 bridgehead atoms. The quantitative estimate of drug-likeness (QED) is 0.238. The van der Waals surface area contributed by atoms with E-state index in [1.807, 2.05) is 72.8 Å². The van der Waals surface area contributed by atoms with E-state index in [4.69, 9.17) is 4.74 Å². The molecule has 1 heterocycles. The van der Waals surface area contributed by atoms with Crippen molar-refractivity contribution in [3.05, 3.63) is 83.9 Å². The van der Waals surface area contributed by atoms with Crippen LogP contribution in [0, 0.1) is 23.2 Å². The number of rotatable bonds is 13. The fourth-order valence-corrected chi connectivity index (χ4v) is 5.57. The standard InChI is InChI=1S/C34H37N5O5/c35-20-27(18-26-15-16-36-31(26)40)37-32(41)29(17-22-13-14-22)38-33(42)30(39-34(43)44-21-23-7-2-1-3-8-23)19-25-11-6-10-24-9-4-5-12-28(24)25/h1-12,22,26-27,29-30H,13-19,21H2,(H,36,40)(H,37,41)(H,38,42)(H,39,43)/t26-,27-,29-,30-/m0/s1. The molecule has 4 amide bonds. The minimum atomic E-state index is -1.03. The first-order valence-electron chi connectivity index (χ1n) is 15.1. The minimum Gasteiger partial charge on any atom is -0.445 e. The number of alkyl carbamates (subject to hydrolysis) is 1. The van der Waals surface area contributed by atoms with E-state index in [2.05, 4.69) is 27.3 Å². The molecule has 228 valence electrons. The number of hydrogen-bond donors (Lipinski definition) is 4. The molecule has 2 fully saturated rings. The smallest absolute Gasteiger partial charge is 0.408 e. The fourth-order valence-electron chi connectivity index (χ4n) is 5.57. The van der Waals surface area contributed by atoms with E-state index in [0.717, 1.165) is 34.7 Å². The molecule has 1 aliphatic carbocycles. The van der Waals surface area contributed by atoms with Crippen molar-refractivity contribution >= 4 is 34.6 Å². The van der Waals surface area contributed by atoms with E-state index in [-0.39, 0.29) is 37.2 Å². The van der Waals surface area contributed by atoms with Crippen LogP contribution in [0.5, 0.6) is 0 Å². The summed E-state index contributed by atoms with van der Waals surface area (Å²) in [4.78, 5) is 52.2. The molecular weight excluding hydrogens is 558 g/mol. The van der Waals surface area contributed by atoms with Gasteiger partial charge < -0.3 is 26.0 Å². The number of nitrogens with zero attached hydrogens (tertiary/aromatic N) is 1. The normalized spacial score (nSPS) is 17.9. The number of hydrogen-bond acceptors (Lipinski definition) is 6. The summed E-state index contributed by atoms with van der Waals surface area (Å²) in [5, 5.41) is 22.7. The zero-order chi connectivity index (χ0) is 30.9. The van der Waals surface area contributed by atoms with Crippen molar-refractivity contribution in [3.63, 3.8) is 0 Å². The zero-order valence-electron chi connectivity index (χ0n) is 24.5. The topological polar surface area (TPSA) is 149 Å². The fraction of sp³-hybridized carbons (Fsp3) is 0.382. The number of amides is 4. The van der Waals surface area contributed by atoms with Crippen molar-refractivity contribution in [1.82, 2.24) is 21.3 Å². The van der Waals surface area contributed by atoms with Crippen LogP contribution >= 0.6 is 0 Å². The molecule has 2 aliphatic rings. The van der Waals surface area contributed by atoms with E-state index in [0.29, 0.717) is 19.4 Å². The number of benzene rings is 3. The van der Waals surface area contributed by atoms with E-state index in [1.54, 1.807) is 0 Å². The third-order valence-corrected chi connectivity index (χ3v) is 8.18. The molecule has 1 saturated heterocycles. The summed E-state index contributed by atoms with van der Waals surface area (Å²) in [5.41, 5.74) is 1.66. The monoisotopic (exact) mass is 595 g/mol. The molecule has 3 aromatic carbocycles. The number of carbonyl (C=O) groups is 4. The highest BCUT2D eigenvalue weighted by atomic mass is 16.5. The lowest BCUT2D eigenvalue weighted by atomic mass is 9.97. The number of nitrogens with one attached hydrogen (secondary N) is 4. The van der Waals surface area contributed by atoms with Gasteiger partial charge in [0.1, 0.15) is 24.7 Å². The molecule has 10 nitrogen and oxygen atoms in total. The molecular formula is C34H37N5O5. The molecule has 0 unspecified atom stereocenters. The maximum atomic E-state index is 13.8. The third-order valence-electron chi connectivity index (χ3n) is 8.18. The first-order valence-corrected chi connectivity index (χ1v) is 15.1. The molecule has 44 heavy (non-hydrogen) atoms. The van der Waals surface area contributed by atoms with Gasteiger partial charge in [-0.15, -0.1) is 0 Å². The van der Waals surface area contributed by atoms with Crippen LogP contribution in [0.25, 0.3) is 10.8 Å². The Morgan fingerprint density at radius 1 is 0.864 bits per heavy atom. The van der Waals surface area contributed by atoms with Crippen LogP contribution in [-0.2, 0) is 32.1 Å². The molecule has 3 aromatic rings. The van der Waals surface area contributed by atoms with Crippen molar-refractivity contribution in [3.8, 4) is 6.07 Å². The number of carbonyl (C=O) groups excluding carboxylic acids is 4. The number of fused-ring (bicyclic) bond motifs is 1. The van der Waals surface area contributed by atoms with Crippen LogP contribution < -0.4 is 21.3 Å². The predicted molar refractivity (Wildman–Crippen MR) is 164 cm³/mol. The lowest BCUT2D eigenvalue weighted by Crippen LogP contribution is -2.55. The molecule has 0 radical (unpaired) electrons. The Kier molecular flexibility index (Phi) is 10.1. The van der Waals surface area contributed by atoms with E-state index in [1.165, 1.54) is 0 Å². The molecule has 0 spiro atoms. The summed E-state index contributed by atoms with van der Waals surface area (Å²) in [7, 11) is 0. The largest absolute Gasteiger partial charge is 0.445 e. The Balaban J connectivity index is 1.30.